The van der Waals surface area contributed by atoms with Gasteiger partial charge in [0.05, 0.1) is 12.1 Å². The molecule has 0 aromatic carbocycles. The first-order valence-electron chi connectivity index (χ1n) is 8.47. The van der Waals surface area contributed by atoms with Crippen molar-refractivity contribution in [3.8, 4) is 0 Å². The average Bonchev–Trinajstić information content (AvgIpc) is 2.61. The summed E-state index contributed by atoms with van der Waals surface area (Å²) >= 11 is 6.01. The first-order chi connectivity index (χ1) is 12.1. The Morgan fingerprint density at radius 1 is 1.36 bits per heavy atom. The molecule has 0 saturated carbocycles. The summed E-state index contributed by atoms with van der Waals surface area (Å²) in [5, 5.41) is 10.3. The SMILES string of the molecule is CC1C2=CNC(C3NC=CCN3)=NC2CCN1c1cc(=O)cc(Cl)[nH]1. The highest BCUT2D eigenvalue weighted by atomic mass is 35.5. The van der Waals surface area contributed by atoms with Crippen molar-refractivity contribution >= 4 is 23.3 Å². The second-order valence-corrected chi connectivity index (χ2v) is 6.84. The molecular weight excluding hydrogens is 340 g/mol. The number of halogens is 1. The zero-order valence-corrected chi connectivity index (χ0v) is 14.7. The standard InChI is InChI=1S/C17H21ClN6O/c1-10-12-9-21-17(16-19-4-2-5-20-16)22-13(12)3-6-24(10)15-8-11(25)7-14(18)23-15/h2,4,7-10,13,16,19-20H,3,5-6H2,1H3,(H,21,22)(H,23,25). The van der Waals surface area contributed by atoms with Crippen LogP contribution in [0.15, 0.2) is 46.0 Å². The quantitative estimate of drug-likeness (QED) is 0.589. The maximum absolute atomic E-state index is 11.8. The Hall–Kier alpha value is -2.25. The van der Waals surface area contributed by atoms with Gasteiger partial charge in [-0.2, -0.15) is 0 Å². The molecule has 1 fully saturated rings. The molecule has 3 aliphatic heterocycles. The lowest BCUT2D eigenvalue weighted by Gasteiger charge is -2.41. The van der Waals surface area contributed by atoms with E-state index in [1.165, 1.54) is 11.6 Å². The Balaban J connectivity index is 1.54. The predicted octanol–water partition coefficient (Wildman–Crippen LogP) is 0.914. The number of aliphatic imine (C=N–C) groups is 1. The van der Waals surface area contributed by atoms with E-state index < -0.39 is 0 Å². The van der Waals surface area contributed by atoms with Crippen molar-refractivity contribution < 1.29 is 0 Å². The van der Waals surface area contributed by atoms with E-state index in [0.29, 0.717) is 5.15 Å². The molecule has 1 aromatic rings. The highest BCUT2D eigenvalue weighted by Crippen LogP contribution is 2.30. The van der Waals surface area contributed by atoms with Gasteiger partial charge in [-0.25, -0.2) is 0 Å². The van der Waals surface area contributed by atoms with E-state index in [2.05, 4.69) is 32.8 Å². The first kappa shape index (κ1) is 16.2. The Morgan fingerprint density at radius 2 is 2.24 bits per heavy atom. The number of aromatic nitrogens is 1. The van der Waals surface area contributed by atoms with Crippen molar-refractivity contribution in [2.24, 2.45) is 4.99 Å². The third-order valence-electron chi connectivity index (χ3n) is 4.86. The third-order valence-corrected chi connectivity index (χ3v) is 5.06. The van der Waals surface area contributed by atoms with Gasteiger partial charge in [0, 0.05) is 31.4 Å². The Labute approximate surface area is 150 Å². The number of aromatic amines is 1. The summed E-state index contributed by atoms with van der Waals surface area (Å²) < 4.78 is 0. The van der Waals surface area contributed by atoms with Gasteiger partial charge in [-0.1, -0.05) is 17.7 Å². The van der Waals surface area contributed by atoms with Crippen LogP contribution >= 0.6 is 11.6 Å². The highest BCUT2D eigenvalue weighted by molar-refractivity contribution is 6.29. The summed E-state index contributed by atoms with van der Waals surface area (Å²) in [6, 6.07) is 3.26. The molecule has 3 unspecified atom stereocenters. The molecule has 3 aliphatic rings. The monoisotopic (exact) mass is 360 g/mol. The molecule has 3 atom stereocenters. The van der Waals surface area contributed by atoms with Crippen molar-refractivity contribution in [3.63, 3.8) is 0 Å². The van der Waals surface area contributed by atoms with Crippen LogP contribution in [-0.2, 0) is 0 Å². The molecule has 8 heteroatoms. The number of piperidine rings is 1. The van der Waals surface area contributed by atoms with E-state index in [9.17, 15) is 4.79 Å². The van der Waals surface area contributed by atoms with E-state index in [-0.39, 0.29) is 23.7 Å². The lowest BCUT2D eigenvalue weighted by Crippen LogP contribution is -2.55. The number of amidine groups is 1. The zero-order chi connectivity index (χ0) is 17.4. The van der Waals surface area contributed by atoms with Crippen LogP contribution in [0, 0.1) is 0 Å². The van der Waals surface area contributed by atoms with Gasteiger partial charge >= 0.3 is 0 Å². The molecule has 4 heterocycles. The molecule has 7 nitrogen and oxygen atoms in total. The third kappa shape index (κ3) is 3.17. The Bertz CT molecular complexity index is 814. The number of nitrogens with one attached hydrogen (secondary N) is 4. The van der Waals surface area contributed by atoms with Crippen LogP contribution < -0.4 is 26.3 Å². The fourth-order valence-electron chi connectivity index (χ4n) is 3.58. The number of hydrogen-bond donors (Lipinski definition) is 4. The molecule has 1 saturated heterocycles. The van der Waals surface area contributed by atoms with E-state index >= 15 is 0 Å². The van der Waals surface area contributed by atoms with Gasteiger partial charge in [0.1, 0.15) is 23.0 Å². The smallest absolute Gasteiger partial charge is 0.185 e. The van der Waals surface area contributed by atoms with Gasteiger partial charge in [0.2, 0.25) is 0 Å². The fraction of sp³-hybridized carbons (Fsp3) is 0.412. The molecule has 0 amide bonds. The van der Waals surface area contributed by atoms with Crippen molar-refractivity contribution in [2.75, 3.05) is 18.0 Å². The highest BCUT2D eigenvalue weighted by Gasteiger charge is 2.34. The molecule has 0 radical (unpaired) electrons. The van der Waals surface area contributed by atoms with Crippen LogP contribution in [-0.4, -0.2) is 42.2 Å². The molecule has 0 bridgehead atoms. The number of rotatable bonds is 2. The normalized spacial score (nSPS) is 28.4. The van der Waals surface area contributed by atoms with Crippen LogP contribution in [0.1, 0.15) is 13.3 Å². The average molecular weight is 361 g/mol. The first-order valence-corrected chi connectivity index (χ1v) is 8.85. The minimum Gasteiger partial charge on any atom is -0.370 e. The van der Waals surface area contributed by atoms with Gasteiger partial charge in [-0.15, -0.1) is 0 Å². The van der Waals surface area contributed by atoms with Crippen molar-refractivity contribution in [2.45, 2.75) is 31.6 Å². The van der Waals surface area contributed by atoms with Crippen LogP contribution in [0.3, 0.4) is 0 Å². The van der Waals surface area contributed by atoms with Gasteiger partial charge in [0.25, 0.3) is 0 Å². The maximum Gasteiger partial charge on any atom is 0.185 e. The molecule has 25 heavy (non-hydrogen) atoms. The van der Waals surface area contributed by atoms with Crippen molar-refractivity contribution in [1.82, 2.24) is 20.9 Å². The van der Waals surface area contributed by atoms with Crippen molar-refractivity contribution in [1.29, 1.82) is 0 Å². The predicted molar refractivity (Wildman–Crippen MR) is 100 cm³/mol. The second-order valence-electron chi connectivity index (χ2n) is 6.44. The maximum atomic E-state index is 11.8. The molecule has 1 aromatic heterocycles. The Morgan fingerprint density at radius 3 is 3.00 bits per heavy atom. The zero-order valence-electron chi connectivity index (χ0n) is 13.9. The summed E-state index contributed by atoms with van der Waals surface area (Å²) in [5.41, 5.74) is 1.12. The summed E-state index contributed by atoms with van der Waals surface area (Å²) in [6.07, 6.45) is 6.94. The number of fused-ring (bicyclic) bond motifs is 1. The molecule has 0 spiro atoms. The van der Waals surface area contributed by atoms with E-state index in [0.717, 1.165) is 31.2 Å². The van der Waals surface area contributed by atoms with Crippen LogP contribution in [0.2, 0.25) is 5.15 Å². The molecule has 0 aliphatic carbocycles. The van der Waals surface area contributed by atoms with E-state index in [1.807, 2.05) is 18.5 Å². The Kier molecular flexibility index (Phi) is 4.27. The topological polar surface area (TPSA) is 84.5 Å². The molecular formula is C17H21ClN6O. The molecule has 4 N–H and O–H groups in total. The number of pyridine rings is 1. The fourth-order valence-corrected chi connectivity index (χ4v) is 3.78. The summed E-state index contributed by atoms with van der Waals surface area (Å²) in [6.45, 7) is 3.76. The van der Waals surface area contributed by atoms with Gasteiger partial charge in [0.15, 0.2) is 5.43 Å². The second kappa shape index (κ2) is 6.57. The van der Waals surface area contributed by atoms with Gasteiger partial charge in [-0.05, 0) is 25.1 Å². The van der Waals surface area contributed by atoms with E-state index in [1.54, 1.807) is 6.07 Å². The largest absolute Gasteiger partial charge is 0.370 e. The number of nitrogens with zero attached hydrogens (tertiary/aromatic N) is 2. The van der Waals surface area contributed by atoms with Crippen LogP contribution in [0.5, 0.6) is 0 Å². The number of H-pyrrole nitrogens is 1. The summed E-state index contributed by atoms with van der Waals surface area (Å²) in [5.74, 6) is 1.66. The molecule has 132 valence electrons. The van der Waals surface area contributed by atoms with Gasteiger partial charge in [-0.3, -0.25) is 15.1 Å². The minimum absolute atomic E-state index is 0.0143. The van der Waals surface area contributed by atoms with Gasteiger partial charge < -0.3 is 20.5 Å². The lowest BCUT2D eigenvalue weighted by molar-refractivity contribution is 0.507. The lowest BCUT2D eigenvalue weighted by atomic mass is 9.91. The van der Waals surface area contributed by atoms with Crippen LogP contribution in [0.4, 0.5) is 5.82 Å². The van der Waals surface area contributed by atoms with E-state index in [4.69, 9.17) is 16.6 Å². The summed E-state index contributed by atoms with van der Waals surface area (Å²) in [4.78, 5) is 21.9. The van der Waals surface area contributed by atoms with Crippen molar-refractivity contribution in [3.05, 3.63) is 51.6 Å². The number of anilines is 1. The summed E-state index contributed by atoms with van der Waals surface area (Å²) in [7, 11) is 0. The number of hydrogen-bond acceptors (Lipinski definition) is 6. The van der Waals surface area contributed by atoms with Crippen LogP contribution in [0.25, 0.3) is 0 Å². The molecule has 4 rings (SSSR count). The minimum atomic E-state index is -0.0911.